The van der Waals surface area contributed by atoms with Gasteiger partial charge < -0.3 is 14.3 Å². The highest BCUT2D eigenvalue weighted by atomic mass is 16.5. The molecule has 0 radical (unpaired) electrons. The Kier molecular flexibility index (Phi) is 4.18. The molecule has 27 heavy (non-hydrogen) atoms. The van der Waals surface area contributed by atoms with E-state index < -0.39 is 5.97 Å². The number of carbonyl (C=O) groups excluding carboxylic acids is 1. The van der Waals surface area contributed by atoms with Crippen molar-refractivity contribution in [3.8, 4) is 22.8 Å². The van der Waals surface area contributed by atoms with E-state index in [0.717, 1.165) is 5.56 Å². The molecule has 132 valence electrons. The molecule has 0 fully saturated rings. The molecule has 1 aromatic heterocycles. The molecule has 0 bridgehead atoms. The van der Waals surface area contributed by atoms with Crippen LogP contribution < -0.4 is 10.2 Å². The minimum atomic E-state index is -0.573. The van der Waals surface area contributed by atoms with E-state index in [1.54, 1.807) is 30.3 Å². The standard InChI is InChI=1S/C22H14O5/c23-17-11-16(26-22(25)15-9-5-2-6-10-15)12-20-21(17)18(24)13-19(27-20)14-7-3-1-4-8-14/h1-13,23H. The van der Waals surface area contributed by atoms with Crippen molar-refractivity contribution >= 4 is 16.9 Å². The van der Waals surface area contributed by atoms with Crippen molar-refractivity contribution < 1.29 is 19.1 Å². The van der Waals surface area contributed by atoms with Crippen LogP contribution in [-0.2, 0) is 0 Å². The van der Waals surface area contributed by atoms with Gasteiger partial charge in [0, 0.05) is 23.8 Å². The van der Waals surface area contributed by atoms with Gasteiger partial charge in [0.1, 0.15) is 28.2 Å². The highest BCUT2D eigenvalue weighted by molar-refractivity contribution is 5.92. The Hall–Kier alpha value is -3.86. The van der Waals surface area contributed by atoms with Gasteiger partial charge in [-0.05, 0) is 12.1 Å². The quantitative estimate of drug-likeness (QED) is 0.434. The van der Waals surface area contributed by atoms with Crippen LogP contribution in [0.2, 0.25) is 0 Å². The summed E-state index contributed by atoms with van der Waals surface area (Å²) in [4.78, 5) is 24.6. The molecule has 0 saturated carbocycles. The molecule has 0 spiro atoms. The van der Waals surface area contributed by atoms with Crippen LogP contribution in [0.1, 0.15) is 10.4 Å². The Balaban J connectivity index is 1.78. The first-order valence-electron chi connectivity index (χ1n) is 8.25. The Bertz CT molecular complexity index is 1180. The first-order valence-corrected chi connectivity index (χ1v) is 8.25. The third-order valence-corrected chi connectivity index (χ3v) is 4.06. The van der Waals surface area contributed by atoms with Gasteiger partial charge in [0.2, 0.25) is 0 Å². The summed E-state index contributed by atoms with van der Waals surface area (Å²) < 4.78 is 11.1. The Morgan fingerprint density at radius 3 is 2.26 bits per heavy atom. The number of phenols is 1. The summed E-state index contributed by atoms with van der Waals surface area (Å²) in [5, 5.41) is 10.3. The van der Waals surface area contributed by atoms with Gasteiger partial charge in [-0.1, -0.05) is 48.5 Å². The second kappa shape index (κ2) is 6.80. The predicted molar refractivity (Wildman–Crippen MR) is 101 cm³/mol. The van der Waals surface area contributed by atoms with Gasteiger partial charge in [0.05, 0.1) is 5.56 Å². The smallest absolute Gasteiger partial charge is 0.343 e. The van der Waals surface area contributed by atoms with E-state index in [4.69, 9.17) is 9.15 Å². The third-order valence-electron chi connectivity index (χ3n) is 4.06. The maximum Gasteiger partial charge on any atom is 0.343 e. The fourth-order valence-electron chi connectivity index (χ4n) is 2.79. The number of hydrogen-bond donors (Lipinski definition) is 1. The Morgan fingerprint density at radius 1 is 0.889 bits per heavy atom. The zero-order valence-corrected chi connectivity index (χ0v) is 14.1. The van der Waals surface area contributed by atoms with E-state index >= 15 is 0 Å². The summed E-state index contributed by atoms with van der Waals surface area (Å²) in [6.07, 6.45) is 0. The summed E-state index contributed by atoms with van der Waals surface area (Å²) >= 11 is 0. The minimum absolute atomic E-state index is 0.0363. The lowest BCUT2D eigenvalue weighted by Gasteiger charge is -2.08. The Labute approximate surface area is 154 Å². The molecule has 0 unspecified atom stereocenters. The average molecular weight is 358 g/mol. The number of esters is 1. The third kappa shape index (κ3) is 3.30. The second-order valence-corrected chi connectivity index (χ2v) is 5.91. The first-order chi connectivity index (χ1) is 13.1. The van der Waals surface area contributed by atoms with Gasteiger partial charge in [-0.25, -0.2) is 4.79 Å². The number of aromatic hydroxyl groups is 1. The van der Waals surface area contributed by atoms with E-state index in [1.807, 2.05) is 30.3 Å². The van der Waals surface area contributed by atoms with E-state index in [9.17, 15) is 14.7 Å². The SMILES string of the molecule is O=C(Oc1cc(O)c2c(=O)cc(-c3ccccc3)oc2c1)c1ccccc1. The van der Waals surface area contributed by atoms with E-state index in [-0.39, 0.29) is 27.9 Å². The molecule has 3 aromatic carbocycles. The molecular weight excluding hydrogens is 344 g/mol. The van der Waals surface area contributed by atoms with Crippen molar-refractivity contribution in [3.05, 3.63) is 94.6 Å². The molecular formula is C22H14O5. The molecule has 4 aromatic rings. The van der Waals surface area contributed by atoms with Crippen LogP contribution in [0.25, 0.3) is 22.3 Å². The molecule has 0 aliphatic carbocycles. The second-order valence-electron chi connectivity index (χ2n) is 5.91. The van der Waals surface area contributed by atoms with E-state index in [2.05, 4.69) is 0 Å². The summed E-state index contributed by atoms with van der Waals surface area (Å²) in [6.45, 7) is 0. The lowest BCUT2D eigenvalue weighted by atomic mass is 10.1. The fraction of sp³-hybridized carbons (Fsp3) is 0. The summed E-state index contributed by atoms with van der Waals surface area (Å²) in [5.74, 6) is -0.436. The molecule has 1 heterocycles. The minimum Gasteiger partial charge on any atom is -0.507 e. The van der Waals surface area contributed by atoms with Crippen LogP contribution in [0, 0.1) is 0 Å². The topological polar surface area (TPSA) is 76.7 Å². The monoisotopic (exact) mass is 358 g/mol. The van der Waals surface area contributed by atoms with Gasteiger partial charge in [0.25, 0.3) is 0 Å². The molecule has 0 amide bonds. The summed E-state index contributed by atoms with van der Waals surface area (Å²) in [5.41, 5.74) is 0.852. The number of benzene rings is 3. The number of fused-ring (bicyclic) bond motifs is 1. The van der Waals surface area contributed by atoms with Crippen molar-refractivity contribution in [2.24, 2.45) is 0 Å². The van der Waals surface area contributed by atoms with Gasteiger partial charge in [-0.2, -0.15) is 0 Å². The van der Waals surface area contributed by atoms with E-state index in [0.29, 0.717) is 11.3 Å². The molecule has 0 aliphatic rings. The highest BCUT2D eigenvalue weighted by Gasteiger charge is 2.15. The van der Waals surface area contributed by atoms with Crippen molar-refractivity contribution in [3.63, 3.8) is 0 Å². The predicted octanol–water partition coefficient (Wildman–Crippen LogP) is 4.38. The van der Waals surface area contributed by atoms with Gasteiger partial charge in [0.15, 0.2) is 5.43 Å². The number of ether oxygens (including phenoxy) is 1. The van der Waals surface area contributed by atoms with Gasteiger partial charge in [-0.3, -0.25) is 4.79 Å². The highest BCUT2D eigenvalue weighted by Crippen LogP contribution is 2.31. The van der Waals surface area contributed by atoms with Crippen LogP contribution in [-0.4, -0.2) is 11.1 Å². The largest absolute Gasteiger partial charge is 0.507 e. The Morgan fingerprint density at radius 2 is 1.56 bits per heavy atom. The van der Waals surface area contributed by atoms with Crippen molar-refractivity contribution in [1.29, 1.82) is 0 Å². The van der Waals surface area contributed by atoms with E-state index in [1.165, 1.54) is 18.2 Å². The molecule has 1 N–H and O–H groups in total. The number of hydrogen-bond acceptors (Lipinski definition) is 5. The molecule has 4 rings (SSSR count). The maximum atomic E-state index is 12.4. The van der Waals surface area contributed by atoms with Gasteiger partial charge in [-0.15, -0.1) is 0 Å². The molecule has 5 nitrogen and oxygen atoms in total. The van der Waals surface area contributed by atoms with Crippen molar-refractivity contribution in [2.45, 2.75) is 0 Å². The first kappa shape index (κ1) is 16.6. The zero-order chi connectivity index (χ0) is 18.8. The number of phenolic OH excluding ortho intramolecular Hbond substituents is 1. The zero-order valence-electron chi connectivity index (χ0n) is 14.1. The lowest BCUT2D eigenvalue weighted by Crippen LogP contribution is -2.08. The van der Waals surface area contributed by atoms with Crippen LogP contribution in [0.5, 0.6) is 11.5 Å². The van der Waals surface area contributed by atoms with Crippen LogP contribution >= 0.6 is 0 Å². The van der Waals surface area contributed by atoms with Gasteiger partial charge >= 0.3 is 5.97 Å². The molecule has 5 heteroatoms. The van der Waals surface area contributed by atoms with Crippen molar-refractivity contribution in [1.82, 2.24) is 0 Å². The van der Waals surface area contributed by atoms with Crippen LogP contribution in [0.15, 0.2) is 88.1 Å². The summed E-state index contributed by atoms with van der Waals surface area (Å²) in [6, 6.07) is 21.6. The molecule has 0 atom stereocenters. The number of carbonyl (C=O) groups is 1. The van der Waals surface area contributed by atoms with Crippen LogP contribution in [0.4, 0.5) is 0 Å². The molecule has 0 saturated heterocycles. The average Bonchev–Trinajstić information content (AvgIpc) is 2.68. The van der Waals surface area contributed by atoms with Crippen molar-refractivity contribution in [2.75, 3.05) is 0 Å². The lowest BCUT2D eigenvalue weighted by molar-refractivity contribution is 0.0735. The molecule has 0 aliphatic heterocycles. The normalized spacial score (nSPS) is 10.7. The van der Waals surface area contributed by atoms with Crippen LogP contribution in [0.3, 0.4) is 0 Å². The number of rotatable bonds is 3. The summed E-state index contributed by atoms with van der Waals surface area (Å²) in [7, 11) is 0. The maximum absolute atomic E-state index is 12.4. The fourth-order valence-corrected chi connectivity index (χ4v) is 2.79.